The van der Waals surface area contributed by atoms with Crippen molar-refractivity contribution in [2.24, 2.45) is 0 Å². The Hall–Kier alpha value is -2.16. The lowest BCUT2D eigenvalue weighted by Gasteiger charge is -2.40. The van der Waals surface area contributed by atoms with Gasteiger partial charge in [0.2, 0.25) is 0 Å². The van der Waals surface area contributed by atoms with E-state index in [2.05, 4.69) is 58.3 Å². The molecule has 0 aromatic carbocycles. The highest BCUT2D eigenvalue weighted by Crippen LogP contribution is 2.21. The molecule has 2 aromatic heterocycles. The van der Waals surface area contributed by atoms with Crippen LogP contribution in [-0.4, -0.2) is 65.0 Å². The van der Waals surface area contributed by atoms with Gasteiger partial charge in [0.1, 0.15) is 5.15 Å². The first-order valence-electron chi connectivity index (χ1n) is 13.4. The maximum absolute atomic E-state index is 13.1. The summed E-state index contributed by atoms with van der Waals surface area (Å²) in [5.74, 6) is -0.0969. The highest BCUT2D eigenvalue weighted by atomic mass is 35.5. The third-order valence-electron chi connectivity index (χ3n) is 7.23. The first-order valence-corrected chi connectivity index (χ1v) is 14.6. The quantitative estimate of drug-likeness (QED) is 0.353. The van der Waals surface area contributed by atoms with Gasteiger partial charge in [-0.25, -0.2) is 9.78 Å². The molecule has 3 heterocycles. The van der Waals surface area contributed by atoms with Crippen LogP contribution in [0.4, 0.5) is 4.79 Å². The second kappa shape index (κ2) is 14.1. The van der Waals surface area contributed by atoms with E-state index in [0.29, 0.717) is 35.5 Å². The minimum atomic E-state index is -0.0969. The highest BCUT2D eigenvalue weighted by molar-refractivity contribution is 7.11. The predicted molar refractivity (Wildman–Crippen MR) is 153 cm³/mol. The number of aromatic nitrogens is 1. The van der Waals surface area contributed by atoms with E-state index >= 15 is 0 Å². The molecule has 0 radical (unpaired) electrons. The molecule has 37 heavy (non-hydrogen) atoms. The van der Waals surface area contributed by atoms with E-state index in [4.69, 9.17) is 11.6 Å². The number of hydrogen-bond acceptors (Lipinski definition) is 5. The van der Waals surface area contributed by atoms with Crippen LogP contribution in [0.3, 0.4) is 0 Å². The van der Waals surface area contributed by atoms with E-state index in [1.165, 1.54) is 9.75 Å². The topological polar surface area (TPSA) is 77.6 Å². The number of nitrogens with zero attached hydrogens (tertiary/aromatic N) is 3. The van der Waals surface area contributed by atoms with Crippen LogP contribution in [0, 0.1) is 20.8 Å². The SMILES string of the molecule is CCCCN(C(=O)NCc1ccc(C)s1)C1CCN(C(C)CCNC(=O)c2c(C)cc(Cl)nc2C)CC1. The van der Waals surface area contributed by atoms with Crippen LogP contribution in [0.15, 0.2) is 18.2 Å². The third-order valence-corrected chi connectivity index (χ3v) is 8.42. The number of pyridine rings is 1. The molecule has 7 nitrogen and oxygen atoms in total. The summed E-state index contributed by atoms with van der Waals surface area (Å²) < 4.78 is 0. The Bertz CT molecular complexity index is 1030. The fourth-order valence-corrected chi connectivity index (χ4v) is 6.18. The summed E-state index contributed by atoms with van der Waals surface area (Å²) in [5.41, 5.74) is 2.10. The predicted octanol–water partition coefficient (Wildman–Crippen LogP) is 5.71. The van der Waals surface area contributed by atoms with Crippen LogP contribution in [0.5, 0.6) is 0 Å². The van der Waals surface area contributed by atoms with E-state index in [1.807, 2.05) is 13.8 Å². The molecule has 1 unspecified atom stereocenters. The lowest BCUT2D eigenvalue weighted by atomic mass is 10.0. The minimum absolute atomic E-state index is 0.0518. The normalized spacial score (nSPS) is 15.4. The molecule has 2 aromatic rings. The Kier molecular flexibility index (Phi) is 11.2. The molecule has 1 saturated heterocycles. The van der Waals surface area contributed by atoms with E-state index in [-0.39, 0.29) is 18.0 Å². The van der Waals surface area contributed by atoms with Crippen LogP contribution < -0.4 is 10.6 Å². The molecule has 0 spiro atoms. The first-order chi connectivity index (χ1) is 17.7. The molecule has 1 fully saturated rings. The van der Waals surface area contributed by atoms with Crippen LogP contribution in [0.1, 0.15) is 77.3 Å². The van der Waals surface area contributed by atoms with E-state index in [9.17, 15) is 9.59 Å². The first kappa shape index (κ1) is 29.4. The van der Waals surface area contributed by atoms with Gasteiger partial charge in [-0.05, 0) is 77.1 Å². The fourth-order valence-electron chi connectivity index (χ4n) is 5.05. The zero-order chi connectivity index (χ0) is 26.9. The Morgan fingerprint density at radius 2 is 1.95 bits per heavy atom. The lowest BCUT2D eigenvalue weighted by Crippen LogP contribution is -2.52. The monoisotopic (exact) mass is 547 g/mol. The number of piperidine rings is 1. The summed E-state index contributed by atoms with van der Waals surface area (Å²) in [6, 6.07) is 6.59. The van der Waals surface area contributed by atoms with Crippen molar-refractivity contribution in [2.45, 2.75) is 85.4 Å². The molecule has 3 amide bonds. The van der Waals surface area contributed by atoms with Crippen molar-refractivity contribution in [3.63, 3.8) is 0 Å². The van der Waals surface area contributed by atoms with Gasteiger partial charge < -0.3 is 20.4 Å². The van der Waals surface area contributed by atoms with Crippen LogP contribution in [0.25, 0.3) is 0 Å². The number of thiophene rings is 1. The Labute approximate surface area is 231 Å². The minimum Gasteiger partial charge on any atom is -0.352 e. The molecule has 0 aliphatic carbocycles. The highest BCUT2D eigenvalue weighted by Gasteiger charge is 2.29. The second-order valence-electron chi connectivity index (χ2n) is 10.1. The summed E-state index contributed by atoms with van der Waals surface area (Å²) in [4.78, 5) is 37.0. The standard InChI is InChI=1S/C28H42ClN5O2S/c1-6-7-14-34(28(36)31-18-24-9-8-21(4)37-24)23-11-15-33(16-12-23)20(3)10-13-30-27(35)26-19(2)17-25(29)32-22(26)5/h8-9,17,20,23H,6-7,10-16,18H2,1-5H3,(H,30,35)(H,31,36). The number of carbonyl (C=O) groups is 2. The van der Waals surface area contributed by atoms with Gasteiger partial charge in [-0.15, -0.1) is 11.3 Å². The molecule has 1 aliphatic rings. The molecule has 204 valence electrons. The molecular weight excluding hydrogens is 506 g/mol. The Morgan fingerprint density at radius 1 is 1.22 bits per heavy atom. The van der Waals surface area contributed by atoms with Gasteiger partial charge in [0, 0.05) is 48.0 Å². The fraction of sp³-hybridized carbons (Fsp3) is 0.607. The van der Waals surface area contributed by atoms with Crippen molar-refractivity contribution in [2.75, 3.05) is 26.2 Å². The Balaban J connectivity index is 1.46. The van der Waals surface area contributed by atoms with Crippen molar-refractivity contribution in [1.29, 1.82) is 0 Å². The molecular formula is C28H42ClN5O2S. The van der Waals surface area contributed by atoms with E-state index in [0.717, 1.165) is 57.3 Å². The van der Waals surface area contributed by atoms with Crippen LogP contribution >= 0.6 is 22.9 Å². The number of hydrogen-bond donors (Lipinski definition) is 2. The van der Waals surface area contributed by atoms with Gasteiger partial charge >= 0.3 is 6.03 Å². The molecule has 0 saturated carbocycles. The molecule has 1 aliphatic heterocycles. The molecule has 2 N–H and O–H groups in total. The summed E-state index contributed by atoms with van der Waals surface area (Å²) in [6.07, 6.45) is 4.90. The van der Waals surface area contributed by atoms with E-state index < -0.39 is 0 Å². The summed E-state index contributed by atoms with van der Waals surface area (Å²) in [6.45, 7) is 14.1. The summed E-state index contributed by atoms with van der Waals surface area (Å²) in [5, 5.41) is 6.61. The Morgan fingerprint density at radius 3 is 2.57 bits per heavy atom. The maximum Gasteiger partial charge on any atom is 0.317 e. The van der Waals surface area contributed by atoms with Gasteiger partial charge in [-0.1, -0.05) is 24.9 Å². The summed E-state index contributed by atoms with van der Waals surface area (Å²) in [7, 11) is 0. The van der Waals surface area contributed by atoms with Crippen LogP contribution in [-0.2, 0) is 6.54 Å². The number of amides is 3. The van der Waals surface area contributed by atoms with Gasteiger partial charge in [-0.3, -0.25) is 4.79 Å². The zero-order valence-electron chi connectivity index (χ0n) is 22.9. The number of aryl methyl sites for hydroxylation is 3. The largest absolute Gasteiger partial charge is 0.352 e. The third kappa shape index (κ3) is 8.42. The number of halogens is 1. The number of urea groups is 1. The maximum atomic E-state index is 13.1. The smallest absolute Gasteiger partial charge is 0.317 e. The second-order valence-corrected chi connectivity index (χ2v) is 11.9. The van der Waals surface area contributed by atoms with Gasteiger partial charge in [0.25, 0.3) is 5.91 Å². The molecule has 0 bridgehead atoms. The van der Waals surface area contributed by atoms with Crippen molar-refractivity contribution < 1.29 is 9.59 Å². The summed E-state index contributed by atoms with van der Waals surface area (Å²) >= 11 is 7.73. The van der Waals surface area contributed by atoms with Crippen molar-refractivity contribution >= 4 is 34.9 Å². The molecule has 9 heteroatoms. The van der Waals surface area contributed by atoms with Gasteiger partial charge in [-0.2, -0.15) is 0 Å². The molecule has 1 atom stereocenters. The van der Waals surface area contributed by atoms with E-state index in [1.54, 1.807) is 17.4 Å². The van der Waals surface area contributed by atoms with Gasteiger partial charge in [0.15, 0.2) is 0 Å². The van der Waals surface area contributed by atoms with Crippen LogP contribution in [0.2, 0.25) is 5.15 Å². The number of unbranched alkanes of at least 4 members (excludes halogenated alkanes) is 1. The lowest BCUT2D eigenvalue weighted by molar-refractivity contribution is 0.0913. The van der Waals surface area contributed by atoms with Crippen molar-refractivity contribution in [3.8, 4) is 0 Å². The van der Waals surface area contributed by atoms with Crippen molar-refractivity contribution in [1.82, 2.24) is 25.4 Å². The number of carbonyl (C=O) groups excluding carboxylic acids is 2. The molecule has 3 rings (SSSR count). The average molecular weight is 548 g/mol. The van der Waals surface area contributed by atoms with Gasteiger partial charge in [0.05, 0.1) is 17.8 Å². The van der Waals surface area contributed by atoms with Crippen molar-refractivity contribution in [3.05, 3.63) is 49.9 Å². The number of likely N-dealkylation sites (tertiary alicyclic amines) is 1. The average Bonchev–Trinajstić information content (AvgIpc) is 3.27. The zero-order valence-corrected chi connectivity index (χ0v) is 24.5. The number of rotatable bonds is 11. The number of nitrogens with one attached hydrogen (secondary N) is 2.